The fourth-order valence-corrected chi connectivity index (χ4v) is 0.0667. The Morgan fingerprint density at radius 2 is 1.40 bits per heavy atom. The van der Waals surface area contributed by atoms with Crippen molar-refractivity contribution in [1.29, 1.82) is 0 Å². The summed E-state index contributed by atoms with van der Waals surface area (Å²) in [4.78, 5) is 24.6. The second kappa shape index (κ2) is 5.53. The van der Waals surface area contributed by atoms with E-state index in [4.69, 9.17) is 25.4 Å². The highest BCUT2D eigenvalue weighted by molar-refractivity contribution is 5.54. The Bertz CT molecular complexity index is 135. The molecule has 0 saturated heterocycles. The monoisotopic (exact) mass is 153 g/mol. The predicted molar refractivity (Wildman–Crippen MR) is 25.4 cm³/mol. The van der Waals surface area contributed by atoms with Crippen molar-refractivity contribution >= 4 is 6.03 Å². The maximum Gasteiger partial charge on any atom is 0.789 e. The number of carbonyl (C=O) groups is 1. The lowest BCUT2D eigenvalue weighted by Crippen LogP contribution is -2.18. The summed E-state index contributed by atoms with van der Waals surface area (Å²) in [5.74, 6) is 3.50. The average molecular weight is 153 g/mol. The minimum atomic E-state index is -2.20. The summed E-state index contributed by atoms with van der Waals surface area (Å²) in [5, 5.41) is 24.8. The van der Waals surface area contributed by atoms with Crippen LogP contribution in [-0.2, 0) is 0 Å². The normalized spacial score (nSPS) is 7.00. The van der Waals surface area contributed by atoms with Gasteiger partial charge in [0.25, 0.3) is 0 Å². The van der Waals surface area contributed by atoms with Gasteiger partial charge in [0.1, 0.15) is 0 Å². The number of amides is 2. The van der Waals surface area contributed by atoms with Crippen molar-refractivity contribution in [2.24, 2.45) is 5.90 Å². The fourth-order valence-electron chi connectivity index (χ4n) is 0.0667. The molecule has 9 nitrogen and oxygen atoms in total. The van der Waals surface area contributed by atoms with Crippen LogP contribution in [0.3, 0.4) is 0 Å². The van der Waals surface area contributed by atoms with E-state index in [-0.39, 0.29) is 0 Å². The second-order valence-electron chi connectivity index (χ2n) is 0.797. The molecule has 0 unspecified atom stereocenters. The van der Waals surface area contributed by atoms with Crippen molar-refractivity contribution in [2.75, 3.05) is 0 Å². The van der Waals surface area contributed by atoms with E-state index in [1.807, 2.05) is 0 Å². The summed E-state index contributed by atoms with van der Waals surface area (Å²) in [6, 6.07) is -2.20. The fraction of sp³-hybridized carbons (Fsp3) is 0. The largest absolute Gasteiger partial charge is 0.789 e. The molecule has 0 bridgehead atoms. The van der Waals surface area contributed by atoms with Gasteiger partial charge in [-0.15, -0.1) is 4.79 Å². The first-order chi connectivity index (χ1) is 4.55. The molecule has 0 spiro atoms. The number of nitrogens with zero attached hydrogens (tertiary/aromatic N) is 2. The molecule has 10 heavy (non-hydrogen) atoms. The van der Waals surface area contributed by atoms with E-state index in [1.54, 1.807) is 0 Å². The molecular weight excluding hydrogens is 150 g/mol. The first kappa shape index (κ1) is 11.2. The van der Waals surface area contributed by atoms with E-state index in [1.165, 1.54) is 0 Å². The van der Waals surface area contributed by atoms with Gasteiger partial charge in [-0.1, -0.05) is 0 Å². The third-order valence-corrected chi connectivity index (χ3v) is 0.312. The molecule has 0 aromatic carbocycles. The molecule has 0 radical (unpaired) electrons. The van der Waals surface area contributed by atoms with Crippen LogP contribution in [0.1, 0.15) is 0 Å². The lowest BCUT2D eigenvalue weighted by atomic mass is 11.1. The van der Waals surface area contributed by atoms with Crippen LogP contribution in [0, 0.1) is 20.2 Å². The highest BCUT2D eigenvalue weighted by Gasteiger charge is 2.30. The molecule has 58 valence electrons. The smallest absolute Gasteiger partial charge is 0.320 e. The first-order valence-corrected chi connectivity index (χ1v) is 1.64. The molecule has 0 aromatic rings. The molecule has 9 heteroatoms. The van der Waals surface area contributed by atoms with Gasteiger partial charge in [0, 0.05) is 0 Å². The van der Waals surface area contributed by atoms with Crippen LogP contribution in [0.25, 0.3) is 0 Å². The van der Waals surface area contributed by atoms with Crippen molar-refractivity contribution in [3.8, 4) is 0 Å². The third kappa shape index (κ3) is 4.55. The lowest BCUT2D eigenvalue weighted by Gasteiger charge is -1.74. The first-order valence-electron chi connectivity index (χ1n) is 1.64. The van der Waals surface area contributed by atoms with Crippen LogP contribution in [-0.4, -0.2) is 21.1 Å². The molecule has 2 amide bonds. The number of hydrogen-bond acceptors (Lipinski definition) is 7. The Balaban J connectivity index is 0. The number of nitro groups is 2. The summed E-state index contributed by atoms with van der Waals surface area (Å²) in [6.45, 7) is 0. The van der Waals surface area contributed by atoms with Crippen LogP contribution in [0.15, 0.2) is 0 Å². The van der Waals surface area contributed by atoms with Gasteiger partial charge in [-0.05, 0) is 0 Å². The Morgan fingerprint density at radius 3 is 1.40 bits per heavy atom. The molecule has 0 atom stereocenters. The topological polar surface area (TPSA) is 150 Å². The Kier molecular flexibility index (Phi) is 6.20. The maximum absolute atomic E-state index is 9.44. The van der Waals surface area contributed by atoms with Crippen LogP contribution >= 0.6 is 0 Å². The quantitative estimate of drug-likeness (QED) is 0.334. The summed E-state index contributed by atoms with van der Waals surface area (Å²) in [6.07, 6.45) is 0. The van der Waals surface area contributed by atoms with Gasteiger partial charge in [-0.25, -0.2) is 5.90 Å². The zero-order valence-electron chi connectivity index (χ0n) is 4.46. The van der Waals surface area contributed by atoms with Gasteiger partial charge in [-0.3, -0.25) is 20.2 Å². The molecule has 0 aliphatic rings. The van der Waals surface area contributed by atoms with E-state index in [0.717, 1.165) is 0 Å². The van der Waals surface area contributed by atoms with Crippen molar-refractivity contribution in [2.45, 2.75) is 0 Å². The Hall–Kier alpha value is -1.61. The average Bonchev–Trinajstić information content (AvgIpc) is 1.90. The van der Waals surface area contributed by atoms with Gasteiger partial charge in [0.2, 0.25) is 0 Å². The minimum Gasteiger partial charge on any atom is -0.320 e. The van der Waals surface area contributed by atoms with E-state index < -0.39 is 15.9 Å². The minimum absolute atomic E-state index is 1.60. The summed E-state index contributed by atoms with van der Waals surface area (Å²) >= 11 is 0. The number of urea groups is 1. The number of carbonyl (C=O) groups excluding carboxylic acids is 1. The van der Waals surface area contributed by atoms with Crippen molar-refractivity contribution in [1.82, 2.24) is 0 Å². The van der Waals surface area contributed by atoms with Gasteiger partial charge in [-0.2, -0.15) is 0 Å². The van der Waals surface area contributed by atoms with E-state index in [2.05, 4.69) is 5.90 Å². The van der Waals surface area contributed by atoms with Crippen molar-refractivity contribution < 1.29 is 19.8 Å². The Morgan fingerprint density at radius 1 is 1.20 bits per heavy atom. The summed E-state index contributed by atoms with van der Waals surface area (Å²) in [5.41, 5.74) is 0. The third-order valence-electron chi connectivity index (χ3n) is 0.312. The van der Waals surface area contributed by atoms with Crippen LogP contribution in [0.2, 0.25) is 0 Å². The van der Waals surface area contributed by atoms with Gasteiger partial charge in [0.15, 0.2) is 9.85 Å². The van der Waals surface area contributed by atoms with E-state index in [0.29, 0.717) is 0 Å². The van der Waals surface area contributed by atoms with E-state index in [9.17, 15) is 4.79 Å². The number of nitrogens with two attached hydrogens (primary N) is 1. The van der Waals surface area contributed by atoms with Crippen LogP contribution < -0.4 is 5.90 Å². The van der Waals surface area contributed by atoms with Crippen LogP contribution in [0.5, 0.6) is 0 Å². The molecule has 0 fully saturated rings. The van der Waals surface area contributed by atoms with Gasteiger partial charge in [0.05, 0.1) is 0 Å². The predicted octanol–water partition coefficient (Wildman–Crippen LogP) is -1.01. The van der Waals surface area contributed by atoms with Crippen molar-refractivity contribution in [3.63, 3.8) is 0 Å². The Labute approximate surface area is 53.3 Å². The summed E-state index contributed by atoms with van der Waals surface area (Å²) < 4.78 is 0. The van der Waals surface area contributed by atoms with Crippen LogP contribution in [0.4, 0.5) is 4.79 Å². The molecule has 0 heterocycles. The highest BCUT2D eigenvalue weighted by Crippen LogP contribution is 1.76. The zero-order chi connectivity index (χ0) is 8.73. The maximum atomic E-state index is 9.44. The van der Waals surface area contributed by atoms with Gasteiger partial charge < -0.3 is 5.21 Å². The SMILES string of the molecule is NO.O=C([N+](=O)[O-])[N+](=O)[O-]. The molecular formula is CH3N3O6. The molecule has 0 saturated carbocycles. The van der Waals surface area contributed by atoms with Gasteiger partial charge >= 0.3 is 6.03 Å². The molecule has 0 aromatic heterocycles. The highest BCUT2D eigenvalue weighted by atomic mass is 16.7. The standard InChI is InChI=1S/CN2O5.H3NO/c4-1(2(5)6)3(7)8;1-2/h;2H,1H2. The van der Waals surface area contributed by atoms with E-state index >= 15 is 0 Å². The molecule has 0 aliphatic heterocycles. The second-order valence-corrected chi connectivity index (χ2v) is 0.797. The lowest BCUT2D eigenvalue weighted by molar-refractivity contribution is -0.525. The molecule has 0 rings (SSSR count). The van der Waals surface area contributed by atoms with Crippen molar-refractivity contribution in [3.05, 3.63) is 20.2 Å². The summed E-state index contributed by atoms with van der Waals surface area (Å²) in [7, 11) is 0. The molecule has 0 aliphatic carbocycles. The number of hydrogen-bond donors (Lipinski definition) is 2. The zero-order valence-corrected chi connectivity index (χ0v) is 4.46. The number of rotatable bonds is 0. The molecule has 3 N–H and O–H groups in total.